The molecule has 0 heterocycles. The van der Waals surface area contributed by atoms with Gasteiger partial charge in [-0.05, 0) is 49.8 Å². The molecule has 0 atom stereocenters. The summed E-state index contributed by atoms with van der Waals surface area (Å²) in [4.78, 5) is 0. The molecule has 11 heavy (non-hydrogen) atoms. The monoisotopic (exact) mass is 264 g/mol. The van der Waals surface area contributed by atoms with Crippen LogP contribution in [0.2, 0.25) is 0 Å². The van der Waals surface area contributed by atoms with Gasteiger partial charge in [0.05, 0.1) is 0 Å². The van der Waals surface area contributed by atoms with Crippen LogP contribution in [0, 0.1) is 10.8 Å². The third-order valence-electron chi connectivity index (χ3n) is 2.13. The summed E-state index contributed by atoms with van der Waals surface area (Å²) >= 11 is 2.47. The van der Waals surface area contributed by atoms with Crippen molar-refractivity contribution in [2.24, 2.45) is 10.8 Å². The zero-order chi connectivity index (χ0) is 8.70. The Morgan fingerprint density at radius 3 is 2.18 bits per heavy atom. The van der Waals surface area contributed by atoms with E-state index in [-0.39, 0.29) is 0 Å². The van der Waals surface area contributed by atoms with Crippen molar-refractivity contribution in [2.75, 3.05) is 0 Å². The summed E-state index contributed by atoms with van der Waals surface area (Å²) in [5, 5.41) is 0. The fourth-order valence-electron chi connectivity index (χ4n) is 2.28. The van der Waals surface area contributed by atoms with Crippen molar-refractivity contribution in [2.45, 2.75) is 40.5 Å². The lowest BCUT2D eigenvalue weighted by molar-refractivity contribution is 0.222. The molecule has 0 aliphatic heterocycles. The van der Waals surface area contributed by atoms with Crippen LogP contribution in [0.15, 0.2) is 9.66 Å². The second kappa shape index (κ2) is 2.75. The largest absolute Gasteiger partial charge is 0.0695 e. The zero-order valence-electron chi connectivity index (χ0n) is 7.87. The minimum absolute atomic E-state index is 0.415. The zero-order valence-corrected chi connectivity index (χ0v) is 10.0. The van der Waals surface area contributed by atoms with E-state index >= 15 is 0 Å². The Labute approximate surface area is 83.6 Å². The molecular formula is C10H17I. The van der Waals surface area contributed by atoms with Gasteiger partial charge in [-0.2, -0.15) is 0 Å². The first kappa shape index (κ1) is 9.56. The first-order valence-electron chi connectivity index (χ1n) is 4.18. The van der Waals surface area contributed by atoms with Crippen LogP contribution in [-0.4, -0.2) is 0 Å². The van der Waals surface area contributed by atoms with Gasteiger partial charge in [0.15, 0.2) is 0 Å². The molecular weight excluding hydrogens is 247 g/mol. The van der Waals surface area contributed by atoms with E-state index in [0.29, 0.717) is 10.8 Å². The van der Waals surface area contributed by atoms with Crippen LogP contribution in [0.25, 0.3) is 0 Å². The molecule has 0 N–H and O–H groups in total. The molecule has 0 amide bonds. The standard InChI is InChI=1S/C10H17I/c1-9(2)5-8(11)6-10(3,4)7-9/h5H,6-7H2,1-4H3. The fourth-order valence-corrected chi connectivity index (χ4v) is 4.15. The number of hydrogen-bond acceptors (Lipinski definition) is 0. The number of rotatable bonds is 0. The smallest absolute Gasteiger partial charge is 0.0123 e. The van der Waals surface area contributed by atoms with E-state index in [1.54, 1.807) is 0 Å². The summed E-state index contributed by atoms with van der Waals surface area (Å²) in [7, 11) is 0. The van der Waals surface area contributed by atoms with E-state index in [1.807, 2.05) is 0 Å². The van der Waals surface area contributed by atoms with Gasteiger partial charge < -0.3 is 0 Å². The van der Waals surface area contributed by atoms with E-state index in [0.717, 1.165) is 0 Å². The molecule has 0 nitrogen and oxygen atoms in total. The molecule has 0 radical (unpaired) electrons. The lowest BCUT2D eigenvalue weighted by Gasteiger charge is -2.37. The van der Waals surface area contributed by atoms with Crippen molar-refractivity contribution in [1.29, 1.82) is 0 Å². The third-order valence-corrected chi connectivity index (χ3v) is 2.82. The highest BCUT2D eigenvalue weighted by Crippen LogP contribution is 2.45. The van der Waals surface area contributed by atoms with E-state index < -0.39 is 0 Å². The highest BCUT2D eigenvalue weighted by atomic mass is 127. The molecule has 0 saturated heterocycles. The predicted molar refractivity (Wildman–Crippen MR) is 58.9 cm³/mol. The maximum Gasteiger partial charge on any atom is -0.0123 e. The number of halogens is 1. The van der Waals surface area contributed by atoms with Crippen molar-refractivity contribution in [3.63, 3.8) is 0 Å². The summed E-state index contributed by atoms with van der Waals surface area (Å²) < 4.78 is 1.53. The Morgan fingerprint density at radius 2 is 1.82 bits per heavy atom. The lowest BCUT2D eigenvalue weighted by Crippen LogP contribution is -2.25. The highest BCUT2D eigenvalue weighted by Gasteiger charge is 2.32. The summed E-state index contributed by atoms with van der Waals surface area (Å²) in [5.41, 5.74) is 0.924. The van der Waals surface area contributed by atoms with Crippen molar-refractivity contribution in [3.8, 4) is 0 Å². The molecule has 0 bridgehead atoms. The van der Waals surface area contributed by atoms with Gasteiger partial charge >= 0.3 is 0 Å². The highest BCUT2D eigenvalue weighted by molar-refractivity contribution is 14.1. The molecule has 0 unspecified atom stereocenters. The average molecular weight is 264 g/mol. The van der Waals surface area contributed by atoms with Crippen LogP contribution in [0.4, 0.5) is 0 Å². The fraction of sp³-hybridized carbons (Fsp3) is 0.800. The Morgan fingerprint density at radius 1 is 1.27 bits per heavy atom. The molecule has 1 aliphatic carbocycles. The van der Waals surface area contributed by atoms with Crippen LogP contribution in [-0.2, 0) is 0 Å². The second-order valence-electron chi connectivity index (χ2n) is 5.10. The Balaban J connectivity index is 2.86. The van der Waals surface area contributed by atoms with Gasteiger partial charge in [0, 0.05) is 0 Å². The van der Waals surface area contributed by atoms with Gasteiger partial charge in [-0.25, -0.2) is 0 Å². The minimum atomic E-state index is 0.415. The third kappa shape index (κ3) is 2.77. The SMILES string of the molecule is CC1(C)C=C(I)CC(C)(C)C1. The van der Waals surface area contributed by atoms with Crippen LogP contribution < -0.4 is 0 Å². The molecule has 0 fully saturated rings. The van der Waals surface area contributed by atoms with Crippen LogP contribution in [0.1, 0.15) is 40.5 Å². The first-order valence-corrected chi connectivity index (χ1v) is 5.26. The Kier molecular flexibility index (Phi) is 2.39. The predicted octanol–water partition coefficient (Wildman–Crippen LogP) is 4.15. The van der Waals surface area contributed by atoms with Crippen LogP contribution in [0.3, 0.4) is 0 Å². The van der Waals surface area contributed by atoms with Gasteiger partial charge in [0.25, 0.3) is 0 Å². The van der Waals surface area contributed by atoms with E-state index in [4.69, 9.17) is 0 Å². The second-order valence-corrected chi connectivity index (χ2v) is 6.48. The molecule has 0 spiro atoms. The summed E-state index contributed by atoms with van der Waals surface area (Å²) in [6, 6.07) is 0. The normalized spacial score (nSPS) is 27.9. The number of hydrogen-bond donors (Lipinski definition) is 0. The Hall–Kier alpha value is 0.470. The lowest BCUT2D eigenvalue weighted by atomic mass is 9.69. The van der Waals surface area contributed by atoms with E-state index in [2.05, 4.69) is 56.4 Å². The quantitative estimate of drug-likeness (QED) is 0.576. The molecule has 1 rings (SSSR count). The molecule has 0 aromatic carbocycles. The van der Waals surface area contributed by atoms with Gasteiger partial charge in [-0.3, -0.25) is 0 Å². The molecule has 0 saturated carbocycles. The minimum Gasteiger partial charge on any atom is -0.0695 e. The average Bonchev–Trinajstić information content (AvgIpc) is 1.49. The van der Waals surface area contributed by atoms with Gasteiger partial charge in [0.1, 0.15) is 0 Å². The summed E-state index contributed by atoms with van der Waals surface area (Å²) in [6.07, 6.45) is 4.99. The van der Waals surface area contributed by atoms with Crippen LogP contribution >= 0.6 is 22.6 Å². The van der Waals surface area contributed by atoms with Crippen molar-refractivity contribution >= 4 is 22.6 Å². The topological polar surface area (TPSA) is 0 Å². The van der Waals surface area contributed by atoms with Gasteiger partial charge in [-0.15, -0.1) is 0 Å². The van der Waals surface area contributed by atoms with Crippen molar-refractivity contribution < 1.29 is 0 Å². The Bertz CT molecular complexity index is 187. The molecule has 64 valence electrons. The molecule has 0 aromatic heterocycles. The molecule has 0 aromatic rings. The van der Waals surface area contributed by atoms with Gasteiger partial charge in [-0.1, -0.05) is 33.8 Å². The van der Waals surface area contributed by atoms with E-state index in [1.165, 1.54) is 16.4 Å². The number of allylic oxidation sites excluding steroid dienone is 2. The molecule has 1 aliphatic rings. The first-order chi connectivity index (χ1) is 4.81. The van der Waals surface area contributed by atoms with E-state index in [9.17, 15) is 0 Å². The van der Waals surface area contributed by atoms with Crippen molar-refractivity contribution in [1.82, 2.24) is 0 Å². The molecule has 1 heteroatoms. The summed E-state index contributed by atoms with van der Waals surface area (Å²) in [5.74, 6) is 0. The summed E-state index contributed by atoms with van der Waals surface area (Å²) in [6.45, 7) is 9.37. The van der Waals surface area contributed by atoms with Gasteiger partial charge in [0.2, 0.25) is 0 Å². The van der Waals surface area contributed by atoms with Crippen molar-refractivity contribution in [3.05, 3.63) is 9.66 Å². The maximum atomic E-state index is 2.47. The van der Waals surface area contributed by atoms with Crippen LogP contribution in [0.5, 0.6) is 0 Å². The maximum absolute atomic E-state index is 2.47.